The van der Waals surface area contributed by atoms with Crippen molar-refractivity contribution in [2.24, 2.45) is 0 Å². The molecule has 0 aliphatic heterocycles. The van der Waals surface area contributed by atoms with Gasteiger partial charge in [0.15, 0.2) is 0 Å². The third-order valence-electron chi connectivity index (χ3n) is 5.99. The fraction of sp³-hybridized carbons (Fsp3) is 0.286. The monoisotopic (exact) mass is 619 g/mol. The number of sulfonamides is 1. The number of benzene rings is 3. The predicted molar refractivity (Wildman–Crippen MR) is 156 cm³/mol. The zero-order valence-electron chi connectivity index (χ0n) is 21.5. The lowest BCUT2D eigenvalue weighted by molar-refractivity contribution is -0.140. The van der Waals surface area contributed by atoms with Gasteiger partial charge in [0, 0.05) is 29.0 Å². The number of aryl methyl sites for hydroxylation is 1. The normalized spacial score (nSPS) is 12.0. The molecule has 1 atom stereocenters. The third-order valence-corrected chi connectivity index (χ3v) is 8.03. The average Bonchev–Trinajstić information content (AvgIpc) is 2.86. The maximum atomic E-state index is 14.0. The van der Waals surface area contributed by atoms with Crippen LogP contribution in [0.1, 0.15) is 23.6 Å². The van der Waals surface area contributed by atoms with Gasteiger partial charge in [-0.3, -0.25) is 13.9 Å². The Balaban J connectivity index is 2.05. The highest BCUT2D eigenvalue weighted by Crippen LogP contribution is 2.26. The van der Waals surface area contributed by atoms with Gasteiger partial charge < -0.3 is 10.2 Å². The van der Waals surface area contributed by atoms with Crippen molar-refractivity contribution in [3.8, 4) is 0 Å². The van der Waals surface area contributed by atoms with Crippen molar-refractivity contribution < 1.29 is 18.0 Å². The van der Waals surface area contributed by atoms with E-state index in [1.54, 1.807) is 12.1 Å². The number of likely N-dealkylation sites (N-methyl/N-ethyl adjacent to an activating group) is 1. The minimum absolute atomic E-state index is 0.110. The molecular weight excluding hydrogens is 590 g/mol. The van der Waals surface area contributed by atoms with Gasteiger partial charge in [-0.2, -0.15) is 0 Å². The molecule has 0 bridgehead atoms. The van der Waals surface area contributed by atoms with E-state index in [9.17, 15) is 18.0 Å². The minimum Gasteiger partial charge on any atom is -0.355 e. The van der Waals surface area contributed by atoms with E-state index in [0.29, 0.717) is 11.6 Å². The van der Waals surface area contributed by atoms with Crippen molar-refractivity contribution >= 4 is 55.1 Å². The molecule has 0 saturated carbocycles. The molecule has 0 fully saturated rings. The zero-order chi connectivity index (χ0) is 27.9. The third kappa shape index (κ3) is 8.06. The molecule has 0 spiro atoms. The summed E-state index contributed by atoms with van der Waals surface area (Å²) in [5.41, 5.74) is 2.72. The Morgan fingerprint density at radius 1 is 1.00 bits per heavy atom. The summed E-state index contributed by atoms with van der Waals surface area (Å²) in [6.45, 7) is 3.63. The van der Waals surface area contributed by atoms with Gasteiger partial charge in [0.25, 0.3) is 0 Å². The van der Waals surface area contributed by atoms with E-state index in [-0.39, 0.29) is 24.6 Å². The van der Waals surface area contributed by atoms with Crippen LogP contribution in [0.25, 0.3) is 0 Å². The van der Waals surface area contributed by atoms with Crippen molar-refractivity contribution in [3.05, 3.63) is 99.0 Å². The number of carbonyl (C=O) groups is 2. The number of halogens is 2. The van der Waals surface area contributed by atoms with Crippen LogP contribution < -0.4 is 9.62 Å². The first-order chi connectivity index (χ1) is 18.0. The van der Waals surface area contributed by atoms with Gasteiger partial charge in [0.05, 0.1) is 11.9 Å². The van der Waals surface area contributed by atoms with Gasteiger partial charge in [0.1, 0.15) is 12.6 Å². The van der Waals surface area contributed by atoms with Crippen LogP contribution in [0.15, 0.2) is 77.3 Å². The molecule has 0 unspecified atom stereocenters. The molecule has 3 aromatic rings. The van der Waals surface area contributed by atoms with Gasteiger partial charge in [-0.15, -0.1) is 0 Å². The minimum atomic E-state index is -3.85. The second-order valence-corrected chi connectivity index (χ2v) is 12.2. The van der Waals surface area contributed by atoms with Crippen molar-refractivity contribution in [1.82, 2.24) is 10.2 Å². The van der Waals surface area contributed by atoms with Gasteiger partial charge in [-0.25, -0.2) is 8.42 Å². The molecule has 0 aliphatic rings. The maximum absolute atomic E-state index is 14.0. The summed E-state index contributed by atoms with van der Waals surface area (Å²) in [5.74, 6) is -0.830. The van der Waals surface area contributed by atoms with Crippen LogP contribution in [0.3, 0.4) is 0 Å². The maximum Gasteiger partial charge on any atom is 0.244 e. The highest BCUT2D eigenvalue weighted by atomic mass is 79.9. The summed E-state index contributed by atoms with van der Waals surface area (Å²) in [4.78, 5) is 28.7. The molecule has 0 aromatic heterocycles. The largest absolute Gasteiger partial charge is 0.355 e. The van der Waals surface area contributed by atoms with Crippen LogP contribution in [0.4, 0.5) is 5.69 Å². The lowest BCUT2D eigenvalue weighted by atomic mass is 10.0. The first-order valence-electron chi connectivity index (χ1n) is 12.1. The Bertz CT molecular complexity index is 1390. The Morgan fingerprint density at radius 3 is 2.29 bits per heavy atom. The fourth-order valence-electron chi connectivity index (χ4n) is 4.03. The Morgan fingerprint density at radius 2 is 1.68 bits per heavy atom. The van der Waals surface area contributed by atoms with Crippen molar-refractivity contribution in [2.75, 3.05) is 23.7 Å². The molecule has 0 heterocycles. The molecule has 1 N–H and O–H groups in total. The number of nitrogens with one attached hydrogen (secondary N) is 1. The lowest BCUT2D eigenvalue weighted by Gasteiger charge is -2.33. The Kier molecular flexibility index (Phi) is 10.4. The number of amides is 2. The summed E-state index contributed by atoms with van der Waals surface area (Å²) in [6, 6.07) is 20.8. The Hall–Kier alpha value is -2.88. The topological polar surface area (TPSA) is 86.8 Å². The summed E-state index contributed by atoms with van der Waals surface area (Å²) in [5, 5.41) is 3.22. The highest BCUT2D eigenvalue weighted by molar-refractivity contribution is 9.10. The van der Waals surface area contributed by atoms with Crippen LogP contribution in [0.2, 0.25) is 5.02 Å². The molecule has 0 saturated heterocycles. The van der Waals surface area contributed by atoms with Crippen LogP contribution in [-0.2, 0) is 32.6 Å². The highest BCUT2D eigenvalue weighted by Gasteiger charge is 2.33. The first-order valence-corrected chi connectivity index (χ1v) is 15.1. The fourth-order valence-corrected chi connectivity index (χ4v) is 5.49. The van der Waals surface area contributed by atoms with Crippen LogP contribution in [-0.4, -0.2) is 50.5 Å². The van der Waals surface area contributed by atoms with E-state index < -0.39 is 28.5 Å². The summed E-state index contributed by atoms with van der Waals surface area (Å²) < 4.78 is 27.5. The summed E-state index contributed by atoms with van der Waals surface area (Å²) in [6.07, 6.45) is 1.31. The molecule has 0 radical (unpaired) electrons. The summed E-state index contributed by atoms with van der Waals surface area (Å²) >= 11 is 9.73. The van der Waals surface area contributed by atoms with Gasteiger partial charge in [0.2, 0.25) is 21.8 Å². The number of nitrogens with zero attached hydrogens (tertiary/aromatic N) is 2. The molecule has 10 heteroatoms. The van der Waals surface area contributed by atoms with Crippen LogP contribution in [0.5, 0.6) is 0 Å². The molecular formula is C28H31BrClN3O4S. The van der Waals surface area contributed by atoms with Crippen LogP contribution >= 0.6 is 27.5 Å². The zero-order valence-corrected chi connectivity index (χ0v) is 24.7. The van der Waals surface area contributed by atoms with E-state index in [1.165, 1.54) is 11.0 Å². The number of hydrogen-bond acceptors (Lipinski definition) is 4. The Labute approximate surface area is 238 Å². The molecule has 202 valence electrons. The molecule has 0 aliphatic carbocycles. The van der Waals surface area contributed by atoms with Crippen molar-refractivity contribution in [3.63, 3.8) is 0 Å². The van der Waals surface area contributed by atoms with Crippen molar-refractivity contribution in [2.45, 2.75) is 32.9 Å². The predicted octanol–water partition coefficient (Wildman–Crippen LogP) is 4.95. The molecule has 3 rings (SSSR count). The smallest absolute Gasteiger partial charge is 0.244 e. The number of carbonyl (C=O) groups excluding carboxylic acids is 2. The number of anilines is 1. The van der Waals surface area contributed by atoms with Gasteiger partial charge in [-0.05, 0) is 54.8 Å². The molecule has 7 nitrogen and oxygen atoms in total. The van der Waals surface area contributed by atoms with E-state index in [4.69, 9.17) is 11.6 Å². The van der Waals surface area contributed by atoms with Crippen LogP contribution in [0, 0.1) is 6.92 Å². The molecule has 3 aromatic carbocycles. The standard InChI is InChI=1S/C28H31BrClN3O4S/c1-4-31-28(35)26(16-21-9-6-5-7-10-21)32(18-22-11-8-12-23(29)15-22)27(34)19-33(38(3,36)37)24-14-13-20(2)25(30)17-24/h5-15,17,26H,4,16,18-19H2,1-3H3,(H,31,35)/t26-/m0/s1. The second-order valence-electron chi connectivity index (χ2n) is 8.95. The second kappa shape index (κ2) is 13.3. The van der Waals surface area contributed by atoms with E-state index in [1.807, 2.05) is 68.4 Å². The lowest BCUT2D eigenvalue weighted by Crippen LogP contribution is -2.53. The van der Waals surface area contributed by atoms with Gasteiger partial charge in [-0.1, -0.05) is 76.1 Å². The molecule has 38 heavy (non-hydrogen) atoms. The van der Waals surface area contributed by atoms with E-state index in [2.05, 4.69) is 21.2 Å². The molecule has 2 amide bonds. The SMILES string of the molecule is CCNC(=O)[C@H](Cc1ccccc1)N(Cc1cccc(Br)c1)C(=O)CN(c1ccc(C)c(Cl)c1)S(C)(=O)=O. The quantitative estimate of drug-likeness (QED) is 0.329. The average molecular weight is 621 g/mol. The summed E-state index contributed by atoms with van der Waals surface area (Å²) in [7, 11) is -3.85. The van der Waals surface area contributed by atoms with Gasteiger partial charge >= 0.3 is 0 Å². The number of hydrogen-bond donors (Lipinski definition) is 1. The van der Waals surface area contributed by atoms with E-state index >= 15 is 0 Å². The first kappa shape index (κ1) is 29.7. The van der Waals surface area contributed by atoms with E-state index in [0.717, 1.165) is 31.7 Å². The number of rotatable bonds is 11. The van der Waals surface area contributed by atoms with Crippen molar-refractivity contribution in [1.29, 1.82) is 0 Å².